The van der Waals surface area contributed by atoms with Gasteiger partial charge in [-0.05, 0) is 41.8 Å². The number of carbonyl (C=O) groups is 2. The average Bonchev–Trinajstić information content (AvgIpc) is 3.17. The van der Waals surface area contributed by atoms with Crippen LogP contribution in [0.15, 0.2) is 30.3 Å². The van der Waals surface area contributed by atoms with Gasteiger partial charge in [0, 0.05) is 17.9 Å². The lowest BCUT2D eigenvalue weighted by Crippen LogP contribution is -2.14. The van der Waals surface area contributed by atoms with Crippen LogP contribution >= 0.6 is 34.5 Å². The number of Topliss-reactive ketones (excluding diaryl/α,β-unsaturated/α-hetero) is 2. The zero-order chi connectivity index (χ0) is 19.1. The van der Waals surface area contributed by atoms with Crippen molar-refractivity contribution < 1.29 is 14.3 Å². The number of ether oxygens (including phenoxy) is 1. The molecule has 4 rings (SSSR count). The number of ketones is 2. The van der Waals surface area contributed by atoms with Crippen LogP contribution in [0.1, 0.15) is 36.8 Å². The molecule has 0 saturated heterocycles. The first-order valence-electron chi connectivity index (χ1n) is 8.58. The van der Waals surface area contributed by atoms with Crippen molar-refractivity contribution in [3.8, 4) is 10.9 Å². The minimum absolute atomic E-state index is 0.0201. The second-order valence-electron chi connectivity index (χ2n) is 6.40. The zero-order valence-electron chi connectivity index (χ0n) is 14.4. The first-order chi connectivity index (χ1) is 13.0. The van der Waals surface area contributed by atoms with Crippen molar-refractivity contribution in [3.63, 3.8) is 0 Å². The van der Waals surface area contributed by atoms with E-state index in [1.165, 1.54) is 11.3 Å². The summed E-state index contributed by atoms with van der Waals surface area (Å²) < 4.78 is 6.74. The highest BCUT2D eigenvalue weighted by Crippen LogP contribution is 2.38. The lowest BCUT2D eigenvalue weighted by atomic mass is 9.90. The van der Waals surface area contributed by atoms with E-state index in [1.54, 1.807) is 18.2 Å². The Labute approximate surface area is 170 Å². The van der Waals surface area contributed by atoms with Gasteiger partial charge in [-0.15, -0.1) is 0 Å². The molecule has 1 aliphatic rings. The molecular formula is C20H15Cl2NO3S. The molecule has 0 unspecified atom stereocenters. The number of fused-ring (bicyclic) bond motifs is 1. The minimum atomic E-state index is -0.674. The first kappa shape index (κ1) is 18.4. The number of hydrogen-bond acceptors (Lipinski definition) is 5. The van der Waals surface area contributed by atoms with E-state index < -0.39 is 5.92 Å². The predicted octanol–water partition coefficient (Wildman–Crippen LogP) is 5.97. The molecule has 1 heterocycles. The van der Waals surface area contributed by atoms with Crippen LogP contribution in [0, 0.1) is 0 Å². The fraction of sp³-hybridized carbons (Fsp3) is 0.250. The standard InChI is InChI=1S/C20H15Cl2NO3S/c1-2-10-3-4-12(9-13(10)18-15(24)5-6-16(18)25)26-20-23-19-14(22)7-11(21)8-17(19)27-20/h3-4,7-9,18H,2,5-6H2,1H3. The van der Waals surface area contributed by atoms with Gasteiger partial charge in [-0.3, -0.25) is 9.59 Å². The lowest BCUT2D eigenvalue weighted by Gasteiger charge is -2.14. The Morgan fingerprint density at radius 3 is 2.59 bits per heavy atom. The summed E-state index contributed by atoms with van der Waals surface area (Å²) in [5.41, 5.74) is 2.35. The summed E-state index contributed by atoms with van der Waals surface area (Å²) in [6.45, 7) is 2.00. The number of carbonyl (C=O) groups excluding carboxylic acids is 2. The smallest absolute Gasteiger partial charge is 0.279 e. The molecule has 1 saturated carbocycles. The van der Waals surface area contributed by atoms with Crippen LogP contribution in [0.25, 0.3) is 10.2 Å². The summed E-state index contributed by atoms with van der Waals surface area (Å²) in [7, 11) is 0. The highest BCUT2D eigenvalue weighted by molar-refractivity contribution is 7.20. The second kappa shape index (κ2) is 7.23. The Morgan fingerprint density at radius 2 is 1.89 bits per heavy atom. The third kappa shape index (κ3) is 3.47. The van der Waals surface area contributed by atoms with E-state index in [0.29, 0.717) is 39.3 Å². The van der Waals surface area contributed by atoms with Crippen molar-refractivity contribution in [1.29, 1.82) is 0 Å². The van der Waals surface area contributed by atoms with Gasteiger partial charge in [0.15, 0.2) is 0 Å². The summed E-state index contributed by atoms with van der Waals surface area (Å²) in [5, 5.41) is 1.43. The SMILES string of the molecule is CCc1ccc(Oc2nc3c(Cl)cc(Cl)cc3s2)cc1C1C(=O)CCC1=O. The maximum absolute atomic E-state index is 12.2. The van der Waals surface area contributed by atoms with Gasteiger partial charge in [0.2, 0.25) is 0 Å². The molecule has 1 aromatic heterocycles. The molecule has 138 valence electrons. The first-order valence-corrected chi connectivity index (χ1v) is 10.1. The molecule has 7 heteroatoms. The van der Waals surface area contributed by atoms with Crippen LogP contribution in [-0.4, -0.2) is 16.6 Å². The van der Waals surface area contributed by atoms with E-state index in [-0.39, 0.29) is 11.6 Å². The van der Waals surface area contributed by atoms with Crippen molar-refractivity contribution in [3.05, 3.63) is 51.5 Å². The van der Waals surface area contributed by atoms with Gasteiger partial charge in [-0.1, -0.05) is 47.5 Å². The van der Waals surface area contributed by atoms with Gasteiger partial charge in [0.25, 0.3) is 5.19 Å². The number of rotatable bonds is 4. The third-order valence-electron chi connectivity index (χ3n) is 4.67. The molecule has 0 aliphatic heterocycles. The molecule has 0 spiro atoms. The molecule has 27 heavy (non-hydrogen) atoms. The van der Waals surface area contributed by atoms with Crippen molar-refractivity contribution >= 4 is 56.3 Å². The number of aromatic nitrogens is 1. The average molecular weight is 420 g/mol. The molecule has 0 bridgehead atoms. The van der Waals surface area contributed by atoms with E-state index >= 15 is 0 Å². The van der Waals surface area contributed by atoms with Crippen molar-refractivity contribution in [2.75, 3.05) is 0 Å². The number of thiazole rings is 1. The molecule has 1 fully saturated rings. The molecule has 2 aromatic carbocycles. The van der Waals surface area contributed by atoms with Crippen LogP contribution in [0.2, 0.25) is 10.0 Å². The maximum Gasteiger partial charge on any atom is 0.279 e. The summed E-state index contributed by atoms with van der Waals surface area (Å²) in [6.07, 6.45) is 1.37. The van der Waals surface area contributed by atoms with Crippen LogP contribution in [0.3, 0.4) is 0 Å². The molecule has 0 atom stereocenters. The number of nitrogens with zero attached hydrogens (tertiary/aromatic N) is 1. The highest BCUT2D eigenvalue weighted by atomic mass is 35.5. The number of halogens is 2. The normalized spacial score (nSPS) is 15.1. The Balaban J connectivity index is 1.71. The van der Waals surface area contributed by atoms with Gasteiger partial charge < -0.3 is 4.74 Å². The van der Waals surface area contributed by atoms with Gasteiger partial charge in [-0.25, -0.2) is 4.98 Å². The Morgan fingerprint density at radius 1 is 1.15 bits per heavy atom. The molecule has 0 radical (unpaired) electrons. The van der Waals surface area contributed by atoms with Crippen LogP contribution < -0.4 is 4.74 Å². The number of benzene rings is 2. The van der Waals surface area contributed by atoms with Crippen molar-refractivity contribution in [1.82, 2.24) is 4.98 Å². The van der Waals surface area contributed by atoms with Crippen LogP contribution in [-0.2, 0) is 16.0 Å². The van der Waals surface area contributed by atoms with E-state index in [4.69, 9.17) is 27.9 Å². The molecule has 1 aliphatic carbocycles. The Kier molecular flexibility index (Phi) is 4.93. The van der Waals surface area contributed by atoms with Gasteiger partial charge in [0.1, 0.15) is 28.8 Å². The minimum Gasteiger partial charge on any atom is -0.431 e. The Bertz CT molecular complexity index is 1060. The summed E-state index contributed by atoms with van der Waals surface area (Å²) in [5.74, 6) is -0.176. The molecule has 4 nitrogen and oxygen atoms in total. The quantitative estimate of drug-likeness (QED) is 0.488. The zero-order valence-corrected chi connectivity index (χ0v) is 16.7. The highest BCUT2D eigenvalue weighted by Gasteiger charge is 2.35. The summed E-state index contributed by atoms with van der Waals surface area (Å²) >= 11 is 13.6. The van der Waals surface area contributed by atoms with Crippen LogP contribution in [0.4, 0.5) is 0 Å². The number of aryl methyl sites for hydroxylation is 1. The summed E-state index contributed by atoms with van der Waals surface area (Å²) in [4.78, 5) is 28.8. The third-order valence-corrected chi connectivity index (χ3v) is 6.06. The van der Waals surface area contributed by atoms with Gasteiger partial charge in [0.05, 0.1) is 9.72 Å². The van der Waals surface area contributed by atoms with Crippen molar-refractivity contribution in [2.24, 2.45) is 0 Å². The molecule has 0 N–H and O–H groups in total. The molecule has 3 aromatic rings. The molecule has 0 amide bonds. The van der Waals surface area contributed by atoms with E-state index in [0.717, 1.165) is 22.2 Å². The summed E-state index contributed by atoms with van der Waals surface area (Å²) in [6, 6.07) is 8.94. The molecular weight excluding hydrogens is 405 g/mol. The van der Waals surface area contributed by atoms with E-state index in [9.17, 15) is 9.59 Å². The van der Waals surface area contributed by atoms with Crippen LogP contribution in [0.5, 0.6) is 10.9 Å². The van der Waals surface area contributed by atoms with Crippen molar-refractivity contribution in [2.45, 2.75) is 32.1 Å². The maximum atomic E-state index is 12.2. The second-order valence-corrected chi connectivity index (χ2v) is 8.23. The Hall–Kier alpha value is -1.95. The monoisotopic (exact) mass is 419 g/mol. The number of hydrogen-bond donors (Lipinski definition) is 0. The van der Waals surface area contributed by atoms with Gasteiger partial charge in [-0.2, -0.15) is 0 Å². The fourth-order valence-electron chi connectivity index (χ4n) is 3.37. The van der Waals surface area contributed by atoms with E-state index in [2.05, 4.69) is 4.98 Å². The van der Waals surface area contributed by atoms with E-state index in [1.807, 2.05) is 19.1 Å². The topological polar surface area (TPSA) is 56.3 Å². The van der Waals surface area contributed by atoms with Gasteiger partial charge >= 0.3 is 0 Å². The predicted molar refractivity (Wildman–Crippen MR) is 108 cm³/mol. The lowest BCUT2D eigenvalue weighted by molar-refractivity contribution is -0.123. The largest absolute Gasteiger partial charge is 0.431 e. The fourth-order valence-corrected chi connectivity index (χ4v) is 4.93.